The van der Waals surface area contributed by atoms with Gasteiger partial charge in [-0.1, -0.05) is 52.0 Å². The second-order valence-corrected chi connectivity index (χ2v) is 11.1. The number of rotatable bonds is 4. The molecule has 0 N–H and O–H groups in total. The van der Waals surface area contributed by atoms with Crippen molar-refractivity contribution in [1.29, 1.82) is 0 Å². The van der Waals surface area contributed by atoms with E-state index in [4.69, 9.17) is 0 Å². The highest BCUT2D eigenvalue weighted by Crippen LogP contribution is 2.25. The summed E-state index contributed by atoms with van der Waals surface area (Å²) < 4.78 is 55.3. The van der Waals surface area contributed by atoms with Crippen molar-refractivity contribution in [2.24, 2.45) is 0 Å². The summed E-state index contributed by atoms with van der Waals surface area (Å²) in [7, 11) is -8.99. The van der Waals surface area contributed by atoms with Crippen LogP contribution < -0.4 is 10.4 Å². The van der Waals surface area contributed by atoms with E-state index < -0.39 is 28.6 Å². The van der Waals surface area contributed by atoms with Gasteiger partial charge in [0.15, 0.2) is 0 Å². The van der Waals surface area contributed by atoms with Gasteiger partial charge in [-0.25, -0.2) is 0 Å². The van der Waals surface area contributed by atoms with Crippen molar-refractivity contribution in [2.45, 2.75) is 38.8 Å². The maximum atomic E-state index is 13.8. The van der Waals surface area contributed by atoms with Crippen LogP contribution in [0.25, 0.3) is 0 Å². The molecule has 0 radical (unpaired) electrons. The minimum atomic E-state index is -4.50. The van der Waals surface area contributed by atoms with Crippen LogP contribution in [0.15, 0.2) is 24.3 Å². The molecule has 1 aromatic carbocycles. The summed E-state index contributed by atoms with van der Waals surface area (Å²) in [6.07, 6.45) is 0. The van der Waals surface area contributed by atoms with Crippen LogP contribution in [0.5, 0.6) is 0 Å². The van der Waals surface area contributed by atoms with Crippen LogP contribution in [0.1, 0.15) is 27.7 Å². The Hall–Kier alpha value is -0.626. The van der Waals surface area contributed by atoms with E-state index in [2.05, 4.69) is 0 Å². The van der Waals surface area contributed by atoms with Crippen LogP contribution in [-0.4, -0.2) is 17.5 Å². The van der Waals surface area contributed by atoms with Crippen molar-refractivity contribution in [1.82, 2.24) is 0 Å². The number of halogens is 4. The van der Waals surface area contributed by atoms with Gasteiger partial charge in [0.2, 0.25) is 0 Å². The van der Waals surface area contributed by atoms with Gasteiger partial charge in [0.1, 0.15) is 0 Å². The molecule has 0 saturated carbocycles. The normalized spacial score (nSPS) is 13.4. The monoisotopic (exact) mass is 294 g/mol. The summed E-state index contributed by atoms with van der Waals surface area (Å²) in [4.78, 5) is 0. The van der Waals surface area contributed by atoms with Crippen LogP contribution >= 0.6 is 0 Å². The van der Waals surface area contributed by atoms with E-state index in [9.17, 15) is 16.4 Å². The highest BCUT2D eigenvalue weighted by atomic mass is 28.4. The molecule has 1 aromatic rings. The first-order chi connectivity index (χ1) is 8.10. The molecule has 1 rings (SSSR count). The molecule has 0 aliphatic heterocycles. The lowest BCUT2D eigenvalue weighted by Crippen LogP contribution is -2.45. The summed E-state index contributed by atoms with van der Waals surface area (Å²) in [5.74, 6) is 0. The first-order valence-electron chi connectivity index (χ1n) is 5.96. The fraction of sp³-hybridized carbons (Fsp3) is 0.500. The Kier molecular flexibility index (Phi) is 4.43. The first kappa shape index (κ1) is 15.4. The highest BCUT2D eigenvalue weighted by Gasteiger charge is 2.44. The molecule has 0 unspecified atom stereocenters. The van der Waals surface area contributed by atoms with Gasteiger partial charge in [-0.15, -0.1) is 0 Å². The summed E-state index contributed by atoms with van der Waals surface area (Å²) in [5.41, 5.74) is -1.43. The summed E-state index contributed by atoms with van der Waals surface area (Å²) in [6.45, 7) is 5.88. The van der Waals surface area contributed by atoms with Gasteiger partial charge >= 0.3 is 17.5 Å². The van der Waals surface area contributed by atoms with Gasteiger partial charge in [0.05, 0.1) is 0 Å². The topological polar surface area (TPSA) is 0 Å². The molecule has 0 spiro atoms. The van der Waals surface area contributed by atoms with Gasteiger partial charge in [0, 0.05) is 21.5 Å². The van der Waals surface area contributed by atoms with Gasteiger partial charge in [0.25, 0.3) is 0 Å². The second-order valence-electron chi connectivity index (χ2n) is 5.13. The Balaban J connectivity index is 3.08. The molecule has 18 heavy (non-hydrogen) atoms. The zero-order valence-corrected chi connectivity index (χ0v) is 13.0. The van der Waals surface area contributed by atoms with Crippen molar-refractivity contribution in [2.75, 3.05) is 0 Å². The average molecular weight is 294 g/mol. The van der Waals surface area contributed by atoms with Crippen LogP contribution in [0.3, 0.4) is 0 Å². The van der Waals surface area contributed by atoms with Gasteiger partial charge < -0.3 is 0 Å². The van der Waals surface area contributed by atoms with Crippen molar-refractivity contribution in [3.05, 3.63) is 24.3 Å². The molecule has 0 aliphatic carbocycles. The highest BCUT2D eigenvalue weighted by molar-refractivity contribution is 6.82. The zero-order valence-electron chi connectivity index (χ0n) is 11.0. The molecule has 0 aromatic heterocycles. The molecule has 6 heteroatoms. The lowest BCUT2D eigenvalue weighted by Gasteiger charge is -2.20. The molecule has 102 valence electrons. The number of hydrogen-bond acceptors (Lipinski definition) is 0. The number of benzene rings is 1. The summed E-state index contributed by atoms with van der Waals surface area (Å²) in [5, 5.41) is -0.121. The number of hydrogen-bond donors (Lipinski definition) is 0. The Morgan fingerprint density at radius 3 is 1.06 bits per heavy atom. The minimum absolute atomic E-state index is 0.0604. The second kappa shape index (κ2) is 5.16. The van der Waals surface area contributed by atoms with Gasteiger partial charge in [-0.2, -0.15) is 0 Å². The summed E-state index contributed by atoms with van der Waals surface area (Å²) in [6, 6.07) is 4.74. The minimum Gasteiger partial charge on any atom is -0.264 e. The molecular formula is C12H18F4Si2. The van der Waals surface area contributed by atoms with E-state index in [1.807, 2.05) is 0 Å². The molecule has 0 aliphatic rings. The van der Waals surface area contributed by atoms with Crippen LogP contribution in [-0.2, 0) is 0 Å². The smallest absolute Gasteiger partial charge is 0.264 e. The maximum absolute atomic E-state index is 13.8. The van der Waals surface area contributed by atoms with Gasteiger partial charge in [-0.3, -0.25) is 16.4 Å². The molecule has 0 heterocycles. The van der Waals surface area contributed by atoms with Crippen molar-refractivity contribution in [3.63, 3.8) is 0 Å². The van der Waals surface area contributed by atoms with E-state index in [0.29, 0.717) is 0 Å². The van der Waals surface area contributed by atoms with Crippen LogP contribution in [0.4, 0.5) is 16.4 Å². The van der Waals surface area contributed by atoms with E-state index in [1.54, 1.807) is 0 Å². The van der Waals surface area contributed by atoms with Crippen LogP contribution in [0.2, 0.25) is 11.1 Å². The Morgan fingerprint density at radius 2 is 0.889 bits per heavy atom. The standard InChI is InChI=1S/C12H18F4Si2/c1-9(2)17(13,14)11-5-7-12(8-6-11)18(15,16)10(3)4/h5-10H,1-4H3. The quantitative estimate of drug-likeness (QED) is 0.451. The third-order valence-corrected chi connectivity index (χ3v) is 8.21. The Morgan fingerprint density at radius 1 is 0.667 bits per heavy atom. The van der Waals surface area contributed by atoms with Crippen molar-refractivity contribution < 1.29 is 16.4 Å². The van der Waals surface area contributed by atoms with Crippen molar-refractivity contribution in [3.8, 4) is 0 Å². The van der Waals surface area contributed by atoms with E-state index in [-0.39, 0.29) is 10.4 Å². The predicted octanol–water partition coefficient (Wildman–Crippen LogP) is 3.68. The van der Waals surface area contributed by atoms with Crippen molar-refractivity contribution >= 4 is 27.9 Å². The molecule has 0 saturated heterocycles. The SMILES string of the molecule is CC(C)[Si](F)(F)c1ccc([Si](F)(F)C(C)C)cc1. The van der Waals surface area contributed by atoms with Gasteiger partial charge in [-0.05, 0) is 0 Å². The lowest BCUT2D eigenvalue weighted by molar-refractivity contribution is 0.590. The van der Waals surface area contributed by atoms with Crippen LogP contribution in [0, 0.1) is 0 Å². The lowest BCUT2D eigenvalue weighted by atomic mass is 10.4. The Bertz CT molecular complexity index is 360. The maximum Gasteiger partial charge on any atom is 0.457 e. The molecule has 0 bridgehead atoms. The predicted molar refractivity (Wildman–Crippen MR) is 71.8 cm³/mol. The third-order valence-electron chi connectivity index (χ3n) is 3.10. The molecule has 0 fully saturated rings. The first-order valence-corrected chi connectivity index (χ1v) is 9.63. The molecule has 0 amide bonds. The Labute approximate surface area is 108 Å². The third kappa shape index (κ3) is 2.85. The fourth-order valence-corrected chi connectivity index (χ4v) is 4.14. The zero-order chi connectivity index (χ0) is 14.1. The largest absolute Gasteiger partial charge is 0.457 e. The van der Waals surface area contributed by atoms with E-state index >= 15 is 0 Å². The molecule has 0 atom stereocenters. The fourth-order valence-electron chi connectivity index (χ4n) is 1.58. The summed E-state index contributed by atoms with van der Waals surface area (Å²) >= 11 is 0. The average Bonchev–Trinajstić information content (AvgIpc) is 2.28. The molecular weight excluding hydrogens is 276 g/mol. The van der Waals surface area contributed by atoms with E-state index in [1.165, 1.54) is 52.0 Å². The molecule has 0 nitrogen and oxygen atoms in total. The van der Waals surface area contributed by atoms with E-state index in [0.717, 1.165) is 0 Å².